The monoisotopic (exact) mass is 498 g/mol. The van der Waals surface area contributed by atoms with Crippen LogP contribution in [0.5, 0.6) is 23.0 Å². The van der Waals surface area contributed by atoms with Crippen LogP contribution in [0.25, 0.3) is 6.08 Å². The summed E-state index contributed by atoms with van der Waals surface area (Å²) in [5.74, 6) is -0.862. The standard InChI is InChI=1S/C29H38O7/c1-3-4-5-6-7-8-9-10-11-12-29(34)36-28-20-24(35-21(2)30)16-17-25(28)26(32)18-14-22-13-15-23(31)19-27(22)33/h13-20,26,31-33H,3-12H2,1-2H3. The third-order valence-corrected chi connectivity index (χ3v) is 5.75. The fourth-order valence-corrected chi connectivity index (χ4v) is 3.80. The normalized spacial score (nSPS) is 12.0. The Hall–Kier alpha value is -3.32. The van der Waals surface area contributed by atoms with Crippen molar-refractivity contribution in [3.63, 3.8) is 0 Å². The highest BCUT2D eigenvalue weighted by Gasteiger charge is 2.16. The SMILES string of the molecule is CCCCCCCCCCCC(=O)Oc1cc(OC(C)=O)ccc1C(O)C=Cc1ccc(O)cc1O. The molecule has 0 aliphatic heterocycles. The van der Waals surface area contributed by atoms with E-state index in [1.165, 1.54) is 94.0 Å². The maximum absolute atomic E-state index is 12.5. The summed E-state index contributed by atoms with van der Waals surface area (Å²) < 4.78 is 10.6. The van der Waals surface area contributed by atoms with Gasteiger partial charge in [0.2, 0.25) is 0 Å². The molecular formula is C29H38O7. The smallest absolute Gasteiger partial charge is 0.311 e. The van der Waals surface area contributed by atoms with E-state index in [4.69, 9.17) is 9.47 Å². The number of hydrogen-bond acceptors (Lipinski definition) is 7. The summed E-state index contributed by atoms with van der Waals surface area (Å²) in [6, 6.07) is 8.54. The van der Waals surface area contributed by atoms with Crippen LogP contribution in [0.2, 0.25) is 0 Å². The summed E-state index contributed by atoms with van der Waals surface area (Å²) in [7, 11) is 0. The molecule has 0 aromatic heterocycles. The molecule has 196 valence electrons. The molecule has 0 fully saturated rings. The van der Waals surface area contributed by atoms with E-state index in [1.54, 1.807) is 0 Å². The Morgan fingerprint density at radius 1 is 0.889 bits per heavy atom. The van der Waals surface area contributed by atoms with Gasteiger partial charge >= 0.3 is 11.9 Å². The van der Waals surface area contributed by atoms with E-state index in [-0.39, 0.29) is 29.4 Å². The van der Waals surface area contributed by atoms with E-state index in [9.17, 15) is 24.9 Å². The average molecular weight is 499 g/mol. The largest absolute Gasteiger partial charge is 0.508 e. The van der Waals surface area contributed by atoms with E-state index in [0.717, 1.165) is 19.3 Å². The van der Waals surface area contributed by atoms with Crippen molar-refractivity contribution in [2.75, 3.05) is 0 Å². The molecule has 2 rings (SSSR count). The molecular weight excluding hydrogens is 460 g/mol. The second-order valence-corrected chi connectivity index (χ2v) is 8.89. The molecule has 0 saturated heterocycles. The van der Waals surface area contributed by atoms with E-state index in [1.807, 2.05) is 0 Å². The van der Waals surface area contributed by atoms with Crippen molar-refractivity contribution in [2.45, 2.75) is 84.2 Å². The second-order valence-electron chi connectivity index (χ2n) is 8.89. The predicted octanol–water partition coefficient (Wildman–Crippen LogP) is 6.60. The molecule has 36 heavy (non-hydrogen) atoms. The molecule has 0 amide bonds. The van der Waals surface area contributed by atoms with Crippen LogP contribution in [0.3, 0.4) is 0 Å². The predicted molar refractivity (Wildman–Crippen MR) is 139 cm³/mol. The number of rotatable bonds is 15. The van der Waals surface area contributed by atoms with Crippen LogP contribution in [0.15, 0.2) is 42.5 Å². The molecule has 2 aromatic carbocycles. The number of aromatic hydroxyl groups is 2. The zero-order valence-electron chi connectivity index (χ0n) is 21.2. The van der Waals surface area contributed by atoms with Crippen LogP contribution in [0.1, 0.15) is 95.3 Å². The molecule has 2 aromatic rings. The van der Waals surface area contributed by atoms with Crippen LogP contribution in [-0.2, 0) is 9.59 Å². The molecule has 1 atom stereocenters. The number of phenolic OH excluding ortho intramolecular Hbond substituents is 2. The summed E-state index contributed by atoms with van der Waals surface area (Å²) in [6.07, 6.45) is 12.2. The molecule has 0 bridgehead atoms. The average Bonchev–Trinajstić information content (AvgIpc) is 2.82. The first kappa shape index (κ1) is 28.9. The van der Waals surface area contributed by atoms with Crippen molar-refractivity contribution >= 4 is 18.0 Å². The van der Waals surface area contributed by atoms with Crippen molar-refractivity contribution in [3.8, 4) is 23.0 Å². The van der Waals surface area contributed by atoms with E-state index in [0.29, 0.717) is 11.1 Å². The van der Waals surface area contributed by atoms with Crippen molar-refractivity contribution in [1.82, 2.24) is 0 Å². The van der Waals surface area contributed by atoms with Gasteiger partial charge in [0.15, 0.2) is 0 Å². The van der Waals surface area contributed by atoms with E-state index in [2.05, 4.69) is 6.92 Å². The Morgan fingerprint density at radius 3 is 2.19 bits per heavy atom. The quantitative estimate of drug-likeness (QED) is 0.144. The first-order valence-corrected chi connectivity index (χ1v) is 12.7. The van der Waals surface area contributed by atoms with Crippen molar-refractivity contribution < 1.29 is 34.4 Å². The van der Waals surface area contributed by atoms with Crippen LogP contribution >= 0.6 is 0 Å². The molecule has 3 N–H and O–H groups in total. The topological polar surface area (TPSA) is 113 Å². The Balaban J connectivity index is 1.99. The second kappa shape index (κ2) is 15.6. The Morgan fingerprint density at radius 2 is 1.56 bits per heavy atom. The molecule has 7 nitrogen and oxygen atoms in total. The molecule has 0 saturated carbocycles. The van der Waals surface area contributed by atoms with Crippen molar-refractivity contribution in [2.24, 2.45) is 0 Å². The van der Waals surface area contributed by atoms with Crippen LogP contribution in [-0.4, -0.2) is 27.3 Å². The minimum atomic E-state index is -1.17. The minimum absolute atomic E-state index is 0.0765. The fourth-order valence-electron chi connectivity index (χ4n) is 3.80. The summed E-state index contributed by atoms with van der Waals surface area (Å²) in [6.45, 7) is 3.47. The lowest BCUT2D eigenvalue weighted by Gasteiger charge is -2.14. The highest BCUT2D eigenvalue weighted by atomic mass is 16.5. The number of phenols is 2. The van der Waals surface area contributed by atoms with Crippen LogP contribution in [0.4, 0.5) is 0 Å². The Kier molecular flexibility index (Phi) is 12.6. The summed E-state index contributed by atoms with van der Waals surface area (Å²) >= 11 is 0. The van der Waals surface area contributed by atoms with Gasteiger partial charge in [0.05, 0.1) is 0 Å². The highest BCUT2D eigenvalue weighted by Crippen LogP contribution is 2.32. The van der Waals surface area contributed by atoms with Gasteiger partial charge in [-0.25, -0.2) is 0 Å². The van der Waals surface area contributed by atoms with Gasteiger partial charge in [0, 0.05) is 36.6 Å². The van der Waals surface area contributed by atoms with Gasteiger partial charge in [-0.2, -0.15) is 0 Å². The number of aliphatic hydroxyl groups is 1. The van der Waals surface area contributed by atoms with E-state index < -0.39 is 18.0 Å². The molecule has 0 aliphatic carbocycles. The summed E-state index contributed by atoms with van der Waals surface area (Å²) in [4.78, 5) is 23.8. The van der Waals surface area contributed by atoms with Gasteiger partial charge in [-0.3, -0.25) is 9.59 Å². The first-order valence-electron chi connectivity index (χ1n) is 12.7. The van der Waals surface area contributed by atoms with Gasteiger partial charge in [-0.05, 0) is 30.7 Å². The van der Waals surface area contributed by atoms with Gasteiger partial charge in [-0.1, -0.05) is 70.4 Å². The number of aliphatic hydroxyl groups excluding tert-OH is 1. The van der Waals surface area contributed by atoms with Gasteiger partial charge in [0.1, 0.15) is 29.1 Å². The summed E-state index contributed by atoms with van der Waals surface area (Å²) in [5, 5.41) is 30.1. The fraction of sp³-hybridized carbons (Fsp3) is 0.448. The lowest BCUT2D eigenvalue weighted by Crippen LogP contribution is -2.11. The van der Waals surface area contributed by atoms with Crippen LogP contribution in [0, 0.1) is 0 Å². The molecule has 0 radical (unpaired) electrons. The maximum atomic E-state index is 12.5. The van der Waals surface area contributed by atoms with Crippen molar-refractivity contribution in [3.05, 3.63) is 53.6 Å². The Labute approximate surface area is 213 Å². The number of unbranched alkanes of at least 4 members (excludes halogenated alkanes) is 8. The molecule has 1 unspecified atom stereocenters. The number of ether oxygens (including phenoxy) is 2. The molecule has 0 spiro atoms. The number of benzene rings is 2. The summed E-state index contributed by atoms with van der Waals surface area (Å²) in [5.41, 5.74) is 0.702. The molecule has 7 heteroatoms. The lowest BCUT2D eigenvalue weighted by atomic mass is 10.1. The zero-order valence-corrected chi connectivity index (χ0v) is 21.2. The van der Waals surface area contributed by atoms with Crippen molar-refractivity contribution in [1.29, 1.82) is 0 Å². The van der Waals surface area contributed by atoms with Crippen LogP contribution < -0.4 is 9.47 Å². The number of carbonyl (C=O) groups is 2. The number of carbonyl (C=O) groups excluding carboxylic acids is 2. The van der Waals surface area contributed by atoms with Gasteiger partial charge in [0.25, 0.3) is 0 Å². The molecule has 0 aliphatic rings. The number of esters is 2. The Bertz CT molecular complexity index is 1010. The third-order valence-electron chi connectivity index (χ3n) is 5.75. The lowest BCUT2D eigenvalue weighted by molar-refractivity contribution is -0.134. The maximum Gasteiger partial charge on any atom is 0.311 e. The zero-order chi connectivity index (χ0) is 26.3. The number of hydrogen-bond donors (Lipinski definition) is 3. The minimum Gasteiger partial charge on any atom is -0.508 e. The first-order chi connectivity index (χ1) is 17.3. The third kappa shape index (κ3) is 10.5. The van der Waals surface area contributed by atoms with E-state index >= 15 is 0 Å². The molecule has 0 heterocycles. The van der Waals surface area contributed by atoms with Gasteiger partial charge in [-0.15, -0.1) is 0 Å². The van der Waals surface area contributed by atoms with Gasteiger partial charge < -0.3 is 24.8 Å². The highest BCUT2D eigenvalue weighted by molar-refractivity contribution is 5.74.